The van der Waals surface area contributed by atoms with Crippen LogP contribution in [-0.2, 0) is 9.53 Å². The average molecular weight is 452 g/mol. The number of thiophene rings is 1. The summed E-state index contributed by atoms with van der Waals surface area (Å²) in [6, 6.07) is 13.2. The van der Waals surface area contributed by atoms with Crippen LogP contribution in [0, 0.1) is 6.92 Å². The Labute approximate surface area is 191 Å². The van der Waals surface area contributed by atoms with Crippen molar-refractivity contribution < 1.29 is 23.8 Å². The minimum atomic E-state index is -0.503. The zero-order chi connectivity index (χ0) is 23.1. The van der Waals surface area contributed by atoms with E-state index < -0.39 is 5.97 Å². The Hall–Kier alpha value is -3.58. The summed E-state index contributed by atoms with van der Waals surface area (Å²) < 4.78 is 15.9. The van der Waals surface area contributed by atoms with Crippen molar-refractivity contribution in [2.24, 2.45) is 0 Å². The Bertz CT molecular complexity index is 1130. The maximum absolute atomic E-state index is 12.8. The number of rotatable bonds is 8. The minimum absolute atomic E-state index is 0.223. The first kappa shape index (κ1) is 23.1. The highest BCUT2D eigenvalue weighted by Gasteiger charge is 2.23. The number of hydrogen-bond acceptors (Lipinski definition) is 6. The number of amides is 1. The van der Waals surface area contributed by atoms with Gasteiger partial charge in [-0.3, -0.25) is 4.79 Å². The standard InChI is InChI=1S/C25H25NO5S/c1-5-31-25(28)23-19(18-11-12-20(29-3)21(14-18)30-4)15-32-24(23)26-22(27)13-10-17-8-6-16(2)7-9-17/h6-15H,5H2,1-4H3,(H,26,27)/b13-10+. The van der Waals surface area contributed by atoms with E-state index in [1.54, 1.807) is 39.4 Å². The lowest BCUT2D eigenvalue weighted by Gasteiger charge is -2.11. The Kier molecular flexibility index (Phi) is 7.68. The van der Waals surface area contributed by atoms with Gasteiger partial charge in [-0.2, -0.15) is 0 Å². The maximum Gasteiger partial charge on any atom is 0.341 e. The number of methoxy groups -OCH3 is 2. The molecule has 0 fully saturated rings. The molecule has 3 rings (SSSR count). The Morgan fingerprint density at radius 2 is 1.75 bits per heavy atom. The van der Waals surface area contributed by atoms with E-state index in [0.717, 1.165) is 16.7 Å². The number of hydrogen-bond donors (Lipinski definition) is 1. The number of aryl methyl sites for hydroxylation is 1. The fourth-order valence-corrected chi connectivity index (χ4v) is 4.04. The second kappa shape index (κ2) is 10.6. The van der Waals surface area contributed by atoms with Crippen LogP contribution >= 0.6 is 11.3 Å². The molecular formula is C25H25NO5S. The second-order valence-electron chi connectivity index (χ2n) is 6.88. The van der Waals surface area contributed by atoms with Crippen LogP contribution in [0.15, 0.2) is 53.9 Å². The van der Waals surface area contributed by atoms with Crippen molar-refractivity contribution in [2.75, 3.05) is 26.1 Å². The van der Waals surface area contributed by atoms with Gasteiger partial charge in [0.25, 0.3) is 0 Å². The van der Waals surface area contributed by atoms with Gasteiger partial charge in [-0.15, -0.1) is 11.3 Å². The quantitative estimate of drug-likeness (QED) is 0.358. The first-order valence-corrected chi connectivity index (χ1v) is 10.9. The molecule has 0 radical (unpaired) electrons. The lowest BCUT2D eigenvalue weighted by molar-refractivity contribution is -0.111. The van der Waals surface area contributed by atoms with E-state index in [2.05, 4.69) is 5.32 Å². The summed E-state index contributed by atoms with van der Waals surface area (Å²) in [6.45, 7) is 3.97. The van der Waals surface area contributed by atoms with E-state index in [-0.39, 0.29) is 12.5 Å². The summed E-state index contributed by atoms with van der Waals surface area (Å²) in [6.07, 6.45) is 3.16. The normalized spacial score (nSPS) is 10.8. The average Bonchev–Trinajstić information content (AvgIpc) is 3.21. The molecule has 0 spiro atoms. The second-order valence-corrected chi connectivity index (χ2v) is 7.76. The van der Waals surface area contributed by atoms with Crippen LogP contribution in [0.4, 0.5) is 5.00 Å². The van der Waals surface area contributed by atoms with Crippen LogP contribution in [0.2, 0.25) is 0 Å². The summed E-state index contributed by atoms with van der Waals surface area (Å²) in [5.74, 6) is 0.282. The van der Waals surface area contributed by atoms with Gasteiger partial charge in [0.1, 0.15) is 10.6 Å². The van der Waals surface area contributed by atoms with Crippen molar-refractivity contribution >= 4 is 34.3 Å². The number of benzene rings is 2. The van der Waals surface area contributed by atoms with Gasteiger partial charge in [-0.25, -0.2) is 4.79 Å². The predicted molar refractivity (Wildman–Crippen MR) is 128 cm³/mol. The lowest BCUT2D eigenvalue weighted by atomic mass is 10.0. The van der Waals surface area contributed by atoms with E-state index in [1.165, 1.54) is 17.4 Å². The summed E-state index contributed by atoms with van der Waals surface area (Å²) in [7, 11) is 3.11. The molecule has 0 unspecified atom stereocenters. The molecule has 166 valence electrons. The number of nitrogens with one attached hydrogen (secondary N) is 1. The molecule has 7 heteroatoms. The molecule has 1 N–H and O–H groups in total. The number of anilines is 1. The maximum atomic E-state index is 12.8. The molecule has 6 nitrogen and oxygen atoms in total. The SMILES string of the molecule is CCOC(=O)c1c(-c2ccc(OC)c(OC)c2)csc1NC(=O)/C=C/c1ccc(C)cc1. The molecule has 1 amide bonds. The largest absolute Gasteiger partial charge is 0.493 e. The third kappa shape index (κ3) is 5.36. The highest BCUT2D eigenvalue weighted by Crippen LogP contribution is 2.39. The smallest absolute Gasteiger partial charge is 0.341 e. The molecule has 0 aliphatic rings. The van der Waals surface area contributed by atoms with Crippen LogP contribution in [0.25, 0.3) is 17.2 Å². The van der Waals surface area contributed by atoms with Crippen LogP contribution in [0.3, 0.4) is 0 Å². The van der Waals surface area contributed by atoms with Gasteiger partial charge in [0.15, 0.2) is 11.5 Å². The van der Waals surface area contributed by atoms with Crippen molar-refractivity contribution in [3.8, 4) is 22.6 Å². The molecule has 2 aromatic carbocycles. The van der Waals surface area contributed by atoms with E-state index in [4.69, 9.17) is 14.2 Å². The molecule has 0 saturated carbocycles. The highest BCUT2D eigenvalue weighted by atomic mass is 32.1. The monoisotopic (exact) mass is 451 g/mol. The van der Waals surface area contributed by atoms with Crippen LogP contribution < -0.4 is 14.8 Å². The molecular weight excluding hydrogens is 426 g/mol. The van der Waals surface area contributed by atoms with Gasteiger partial charge in [0.05, 0.1) is 20.8 Å². The van der Waals surface area contributed by atoms with Crippen molar-refractivity contribution in [3.63, 3.8) is 0 Å². The van der Waals surface area contributed by atoms with Crippen molar-refractivity contribution in [3.05, 3.63) is 70.6 Å². The van der Waals surface area contributed by atoms with Gasteiger partial charge in [-0.05, 0) is 43.2 Å². The molecule has 3 aromatic rings. The van der Waals surface area contributed by atoms with Gasteiger partial charge in [0, 0.05) is 17.0 Å². The van der Waals surface area contributed by atoms with Gasteiger partial charge < -0.3 is 19.5 Å². The van der Waals surface area contributed by atoms with Crippen LogP contribution in [0.5, 0.6) is 11.5 Å². The third-order valence-corrected chi connectivity index (χ3v) is 5.60. The lowest BCUT2D eigenvalue weighted by Crippen LogP contribution is -2.12. The molecule has 0 bridgehead atoms. The Morgan fingerprint density at radius 3 is 2.41 bits per heavy atom. The zero-order valence-corrected chi connectivity index (χ0v) is 19.2. The van der Waals surface area contributed by atoms with E-state index in [0.29, 0.717) is 27.6 Å². The molecule has 0 aliphatic heterocycles. The third-order valence-electron chi connectivity index (χ3n) is 4.71. The van der Waals surface area contributed by atoms with Crippen molar-refractivity contribution in [1.29, 1.82) is 0 Å². The first-order valence-electron chi connectivity index (χ1n) is 10.0. The summed E-state index contributed by atoms with van der Waals surface area (Å²) >= 11 is 1.26. The molecule has 0 saturated heterocycles. The zero-order valence-electron chi connectivity index (χ0n) is 18.4. The fourth-order valence-electron chi connectivity index (χ4n) is 3.08. The molecule has 1 heterocycles. The summed E-state index contributed by atoms with van der Waals surface area (Å²) in [4.78, 5) is 25.3. The summed E-state index contributed by atoms with van der Waals surface area (Å²) in [5, 5.41) is 5.04. The van der Waals surface area contributed by atoms with Crippen LogP contribution in [-0.4, -0.2) is 32.7 Å². The number of carbonyl (C=O) groups is 2. The van der Waals surface area contributed by atoms with E-state index in [9.17, 15) is 9.59 Å². The molecule has 1 aromatic heterocycles. The number of esters is 1. The van der Waals surface area contributed by atoms with Gasteiger partial charge >= 0.3 is 5.97 Å². The van der Waals surface area contributed by atoms with Crippen LogP contribution in [0.1, 0.15) is 28.4 Å². The fraction of sp³-hybridized carbons (Fsp3) is 0.200. The van der Waals surface area contributed by atoms with Crippen molar-refractivity contribution in [2.45, 2.75) is 13.8 Å². The topological polar surface area (TPSA) is 73.9 Å². The minimum Gasteiger partial charge on any atom is -0.493 e. The van der Waals surface area contributed by atoms with Gasteiger partial charge in [0.2, 0.25) is 5.91 Å². The Balaban J connectivity index is 1.91. The predicted octanol–water partition coefficient (Wildman–Crippen LogP) is 5.57. The first-order chi connectivity index (χ1) is 15.5. The number of ether oxygens (including phenoxy) is 3. The van der Waals surface area contributed by atoms with Crippen molar-refractivity contribution in [1.82, 2.24) is 0 Å². The molecule has 32 heavy (non-hydrogen) atoms. The van der Waals surface area contributed by atoms with Gasteiger partial charge in [-0.1, -0.05) is 35.9 Å². The molecule has 0 atom stereocenters. The summed E-state index contributed by atoms with van der Waals surface area (Å²) in [5.41, 5.74) is 3.76. The van der Waals surface area contributed by atoms with E-state index >= 15 is 0 Å². The number of carbonyl (C=O) groups excluding carboxylic acids is 2. The van der Waals surface area contributed by atoms with E-state index in [1.807, 2.05) is 42.6 Å². The highest BCUT2D eigenvalue weighted by molar-refractivity contribution is 7.15. The molecule has 0 aliphatic carbocycles. The Morgan fingerprint density at radius 1 is 1.03 bits per heavy atom.